The number of nitrogens with one attached hydrogen (secondary N) is 1. The van der Waals surface area contributed by atoms with Gasteiger partial charge >= 0.3 is 0 Å². The molecule has 3 aromatic rings. The molecule has 0 bridgehead atoms. The molecule has 0 atom stereocenters. The largest absolute Gasteiger partial charge is 0.497 e. The Morgan fingerprint density at radius 3 is 2.42 bits per heavy atom. The third-order valence-corrected chi connectivity index (χ3v) is 8.72. The Morgan fingerprint density at radius 2 is 1.79 bits per heavy atom. The van der Waals surface area contributed by atoms with Gasteiger partial charge in [-0.3, -0.25) is 19.2 Å². The molecule has 0 aliphatic rings. The summed E-state index contributed by atoms with van der Waals surface area (Å²) in [4.78, 5) is 23.2. The van der Waals surface area contributed by atoms with E-state index in [0.717, 1.165) is 27.4 Å². The minimum Gasteiger partial charge on any atom is -0.497 e. The van der Waals surface area contributed by atoms with E-state index in [1.807, 2.05) is 24.3 Å². The van der Waals surface area contributed by atoms with Crippen molar-refractivity contribution in [1.82, 2.24) is 5.32 Å². The monoisotopic (exact) mass is 577 g/mol. The number of amides is 1. The van der Waals surface area contributed by atoms with Gasteiger partial charge in [0.05, 0.1) is 22.6 Å². The number of carbonyl (C=O) groups excluding carboxylic acids is 1. The number of rotatable bonds is 13. The maximum atomic E-state index is 13.6. The number of nitrogens with zero attached hydrogens (tertiary/aromatic N) is 2. The number of halogens is 1. The lowest BCUT2D eigenvalue weighted by Crippen LogP contribution is -2.41. The van der Waals surface area contributed by atoms with Crippen LogP contribution in [-0.2, 0) is 20.6 Å². The van der Waals surface area contributed by atoms with E-state index in [2.05, 4.69) is 5.32 Å². The molecular weight excluding hydrogens is 550 g/mol. The van der Waals surface area contributed by atoms with Crippen LogP contribution in [0.25, 0.3) is 0 Å². The summed E-state index contributed by atoms with van der Waals surface area (Å²) in [5.74, 6) is 1.64. The van der Waals surface area contributed by atoms with Crippen molar-refractivity contribution in [3.05, 3.63) is 93.0 Å². The number of ether oxygens (including phenoxy) is 1. The van der Waals surface area contributed by atoms with E-state index >= 15 is 0 Å². The zero-order chi connectivity index (χ0) is 27.7. The van der Waals surface area contributed by atoms with Crippen LogP contribution in [0.5, 0.6) is 5.75 Å². The van der Waals surface area contributed by atoms with E-state index in [-0.39, 0.29) is 16.3 Å². The number of thioether (sulfide) groups is 1. The number of hydrogen-bond acceptors (Lipinski definition) is 7. The molecule has 0 unspecified atom stereocenters. The van der Waals surface area contributed by atoms with Crippen LogP contribution >= 0.6 is 23.4 Å². The van der Waals surface area contributed by atoms with Crippen LogP contribution in [0.15, 0.2) is 71.6 Å². The Balaban J connectivity index is 1.68. The van der Waals surface area contributed by atoms with Gasteiger partial charge in [-0.05, 0) is 67.1 Å². The van der Waals surface area contributed by atoms with Crippen molar-refractivity contribution in [1.29, 1.82) is 0 Å². The quantitative estimate of drug-likeness (QED) is 0.168. The molecule has 1 N–H and O–H groups in total. The summed E-state index contributed by atoms with van der Waals surface area (Å²) >= 11 is 7.62. The molecule has 0 saturated heterocycles. The summed E-state index contributed by atoms with van der Waals surface area (Å²) in [6.45, 7) is 1.41. The first-order valence-electron chi connectivity index (χ1n) is 11.6. The zero-order valence-corrected chi connectivity index (χ0v) is 23.3. The van der Waals surface area contributed by atoms with Crippen LogP contribution in [0.3, 0.4) is 0 Å². The number of anilines is 1. The highest BCUT2D eigenvalue weighted by molar-refractivity contribution is 7.98. The van der Waals surface area contributed by atoms with E-state index in [4.69, 9.17) is 16.3 Å². The lowest BCUT2D eigenvalue weighted by Gasteiger charge is -2.24. The molecule has 202 valence electrons. The molecule has 0 aliphatic heterocycles. The normalized spacial score (nSPS) is 11.1. The van der Waals surface area contributed by atoms with Crippen molar-refractivity contribution < 1.29 is 22.9 Å². The summed E-state index contributed by atoms with van der Waals surface area (Å²) < 4.78 is 33.2. The number of nitro groups is 1. The van der Waals surface area contributed by atoms with Gasteiger partial charge in [0.1, 0.15) is 12.3 Å². The van der Waals surface area contributed by atoms with Gasteiger partial charge in [0, 0.05) is 29.0 Å². The third-order valence-electron chi connectivity index (χ3n) is 5.58. The highest BCUT2D eigenvalue weighted by atomic mass is 35.5. The second-order valence-electron chi connectivity index (χ2n) is 8.30. The van der Waals surface area contributed by atoms with Gasteiger partial charge in [-0.2, -0.15) is 11.8 Å². The molecule has 12 heteroatoms. The number of methoxy groups -OCH3 is 1. The molecule has 0 aliphatic carbocycles. The highest BCUT2D eigenvalue weighted by Gasteiger charge is 2.29. The summed E-state index contributed by atoms with van der Waals surface area (Å²) in [6.07, 6.45) is 0.698. The number of sulfonamides is 1. The molecule has 0 spiro atoms. The first-order chi connectivity index (χ1) is 18.1. The Hall–Kier alpha value is -3.28. The fourth-order valence-corrected chi connectivity index (χ4v) is 5.98. The zero-order valence-electron chi connectivity index (χ0n) is 20.9. The lowest BCUT2D eigenvalue weighted by molar-refractivity contribution is -0.385. The first-order valence-corrected chi connectivity index (χ1v) is 14.6. The molecule has 0 radical (unpaired) electrons. The molecule has 0 heterocycles. The van der Waals surface area contributed by atoms with Gasteiger partial charge in [0.25, 0.3) is 15.7 Å². The maximum absolute atomic E-state index is 13.6. The summed E-state index contributed by atoms with van der Waals surface area (Å²) in [5.41, 5.74) is 1.39. The van der Waals surface area contributed by atoms with Gasteiger partial charge in [-0.15, -0.1) is 0 Å². The predicted octanol–water partition coefficient (Wildman–Crippen LogP) is 5.20. The molecule has 38 heavy (non-hydrogen) atoms. The Bertz CT molecular complexity index is 1370. The van der Waals surface area contributed by atoms with Crippen LogP contribution in [0, 0.1) is 17.0 Å². The molecule has 1 amide bonds. The number of hydrogen-bond donors (Lipinski definition) is 1. The molecule has 3 aromatic carbocycles. The van der Waals surface area contributed by atoms with Gasteiger partial charge in [0.15, 0.2) is 0 Å². The number of aryl methyl sites for hydroxylation is 1. The molecule has 3 rings (SSSR count). The van der Waals surface area contributed by atoms with Crippen molar-refractivity contribution in [2.75, 3.05) is 30.3 Å². The molecule has 9 nitrogen and oxygen atoms in total. The minimum atomic E-state index is -4.30. The maximum Gasteiger partial charge on any atom is 0.273 e. The van der Waals surface area contributed by atoms with E-state index in [1.165, 1.54) is 38.3 Å². The fraction of sp³-hybridized carbons (Fsp3) is 0.269. The average Bonchev–Trinajstić information content (AvgIpc) is 2.90. The topological polar surface area (TPSA) is 119 Å². The average molecular weight is 578 g/mol. The van der Waals surface area contributed by atoms with E-state index in [1.54, 1.807) is 23.9 Å². The summed E-state index contributed by atoms with van der Waals surface area (Å²) in [6, 6.07) is 17.5. The standard InChI is InChI=1S/C26H28ClN3O6S2/c1-19-4-13-24(16-25(19)30(32)33)38(34,35)29(22-9-11-23(36-2)12-10-22)17-26(31)28-14-3-15-37-18-20-5-7-21(27)8-6-20/h4-13,16H,3,14-15,17-18H2,1-2H3,(H,28,31). The fourth-order valence-electron chi connectivity index (χ4n) is 3.50. The molecule has 0 saturated carbocycles. The third kappa shape index (κ3) is 7.86. The van der Waals surface area contributed by atoms with Crippen LogP contribution in [0.1, 0.15) is 17.5 Å². The molecule has 0 aromatic heterocycles. The Morgan fingerprint density at radius 1 is 1.11 bits per heavy atom. The summed E-state index contributed by atoms with van der Waals surface area (Å²) in [7, 11) is -2.82. The smallest absolute Gasteiger partial charge is 0.273 e. The van der Waals surface area contributed by atoms with Crippen molar-refractivity contribution in [3.63, 3.8) is 0 Å². The van der Waals surface area contributed by atoms with Crippen molar-refractivity contribution >= 4 is 50.7 Å². The van der Waals surface area contributed by atoms with Gasteiger partial charge in [0.2, 0.25) is 5.91 Å². The molecule has 0 fully saturated rings. The van der Waals surface area contributed by atoms with Gasteiger partial charge < -0.3 is 10.1 Å². The van der Waals surface area contributed by atoms with Crippen LogP contribution in [0.2, 0.25) is 5.02 Å². The minimum absolute atomic E-state index is 0.225. The highest BCUT2D eigenvalue weighted by Crippen LogP contribution is 2.29. The number of nitro benzene ring substituents is 1. The number of carbonyl (C=O) groups is 1. The summed E-state index contributed by atoms with van der Waals surface area (Å²) in [5, 5.41) is 14.8. The second kappa shape index (κ2) is 13.5. The van der Waals surface area contributed by atoms with Crippen molar-refractivity contribution in [3.8, 4) is 5.75 Å². The van der Waals surface area contributed by atoms with E-state index < -0.39 is 27.4 Å². The van der Waals surface area contributed by atoms with E-state index in [0.29, 0.717) is 29.3 Å². The van der Waals surface area contributed by atoms with Crippen LogP contribution in [0.4, 0.5) is 11.4 Å². The van der Waals surface area contributed by atoms with Gasteiger partial charge in [-0.1, -0.05) is 29.8 Å². The van der Waals surface area contributed by atoms with Crippen molar-refractivity contribution in [2.45, 2.75) is 24.0 Å². The Labute approximate surface area is 231 Å². The lowest BCUT2D eigenvalue weighted by atomic mass is 10.2. The van der Waals surface area contributed by atoms with Crippen molar-refractivity contribution in [2.24, 2.45) is 0 Å². The second-order valence-corrected chi connectivity index (χ2v) is 11.7. The SMILES string of the molecule is COc1ccc(N(CC(=O)NCCCSCc2ccc(Cl)cc2)S(=O)(=O)c2ccc(C)c([N+](=O)[O-])c2)cc1. The Kier molecular flexibility index (Phi) is 10.4. The predicted molar refractivity (Wildman–Crippen MR) is 151 cm³/mol. The van der Waals surface area contributed by atoms with Crippen LogP contribution in [-0.4, -0.2) is 45.2 Å². The van der Waals surface area contributed by atoms with Crippen LogP contribution < -0.4 is 14.4 Å². The number of benzene rings is 3. The molecular formula is C26H28ClN3O6S2. The first kappa shape index (κ1) is 29.3. The van der Waals surface area contributed by atoms with E-state index in [9.17, 15) is 23.3 Å². The van der Waals surface area contributed by atoms with Gasteiger partial charge in [-0.25, -0.2) is 8.42 Å².